The molecule has 10 heteroatoms. The van der Waals surface area contributed by atoms with Crippen molar-refractivity contribution < 1.29 is 23.8 Å². The van der Waals surface area contributed by atoms with E-state index in [1.165, 1.54) is 22.9 Å². The van der Waals surface area contributed by atoms with Crippen molar-refractivity contribution in [3.63, 3.8) is 0 Å². The van der Waals surface area contributed by atoms with Gasteiger partial charge in [0.2, 0.25) is 5.43 Å². The Hall–Kier alpha value is -2.91. The number of ether oxygens (including phenoxy) is 1. The van der Waals surface area contributed by atoms with E-state index >= 15 is 0 Å². The molecule has 31 heavy (non-hydrogen) atoms. The zero-order valence-corrected chi connectivity index (χ0v) is 17.1. The Morgan fingerprint density at radius 2 is 2.13 bits per heavy atom. The number of pyridine rings is 1. The molecule has 8 nitrogen and oxygen atoms in total. The van der Waals surface area contributed by atoms with Gasteiger partial charge in [0.1, 0.15) is 11.4 Å². The van der Waals surface area contributed by atoms with E-state index in [1.54, 1.807) is 11.0 Å². The van der Waals surface area contributed by atoms with E-state index in [-0.39, 0.29) is 41.5 Å². The van der Waals surface area contributed by atoms with Crippen LogP contribution in [0.15, 0.2) is 29.2 Å². The monoisotopic (exact) mass is 447 g/mol. The van der Waals surface area contributed by atoms with Crippen molar-refractivity contribution in [3.05, 3.63) is 62.3 Å². The van der Waals surface area contributed by atoms with Gasteiger partial charge in [0.25, 0.3) is 11.8 Å². The first kappa shape index (κ1) is 20.0. The maximum atomic E-state index is 13.6. The molecule has 0 radical (unpaired) electrons. The van der Waals surface area contributed by atoms with Crippen molar-refractivity contribution in [2.75, 3.05) is 0 Å². The van der Waals surface area contributed by atoms with Gasteiger partial charge in [0, 0.05) is 18.8 Å². The second-order valence-corrected chi connectivity index (χ2v) is 8.45. The lowest BCUT2D eigenvalue weighted by Crippen LogP contribution is -2.57. The summed E-state index contributed by atoms with van der Waals surface area (Å²) in [5, 5.41) is 13.0. The van der Waals surface area contributed by atoms with Crippen molar-refractivity contribution in [1.29, 1.82) is 0 Å². The zero-order chi connectivity index (χ0) is 21.9. The van der Waals surface area contributed by atoms with Gasteiger partial charge in [-0.1, -0.05) is 17.7 Å². The summed E-state index contributed by atoms with van der Waals surface area (Å²) in [6.45, 7) is 0.168. The first-order chi connectivity index (χ1) is 14.8. The van der Waals surface area contributed by atoms with E-state index in [0.717, 1.165) is 19.3 Å². The lowest BCUT2D eigenvalue weighted by molar-refractivity contribution is -0.132. The topological polar surface area (TPSA) is 101 Å². The molecule has 3 aliphatic rings. The van der Waals surface area contributed by atoms with Crippen LogP contribution in [0.25, 0.3) is 0 Å². The van der Waals surface area contributed by atoms with Gasteiger partial charge in [-0.2, -0.15) is 0 Å². The number of carbonyl (C=O) groups is 2. The number of carbonyl (C=O) groups excluding carboxylic acids is 2. The van der Waals surface area contributed by atoms with Crippen LogP contribution >= 0.6 is 11.6 Å². The Kier molecular flexibility index (Phi) is 4.75. The largest absolute Gasteiger partial charge is 0.503 e. The number of aromatic nitrogens is 1. The molecule has 3 heterocycles. The number of fused-ring (bicyclic) bond motifs is 5. The number of rotatable bonds is 3. The van der Waals surface area contributed by atoms with Gasteiger partial charge in [-0.25, -0.2) is 4.39 Å². The van der Waals surface area contributed by atoms with E-state index in [1.807, 2.05) is 0 Å². The van der Waals surface area contributed by atoms with E-state index in [2.05, 4.69) is 5.32 Å². The van der Waals surface area contributed by atoms with Crippen molar-refractivity contribution in [2.45, 2.75) is 50.7 Å². The van der Waals surface area contributed by atoms with Crippen molar-refractivity contribution >= 4 is 23.4 Å². The third-order valence-electron chi connectivity index (χ3n) is 6.14. The molecule has 1 aliphatic carbocycles. The molecular formula is C21H19ClFN3O5. The fraction of sp³-hybridized carbons (Fsp3) is 0.381. The molecule has 2 aromatic rings. The quantitative estimate of drug-likeness (QED) is 0.749. The summed E-state index contributed by atoms with van der Waals surface area (Å²) in [5.41, 5.74) is -0.920. The molecule has 2 fully saturated rings. The first-order valence-electron chi connectivity index (χ1n) is 10.00. The van der Waals surface area contributed by atoms with E-state index in [9.17, 15) is 23.9 Å². The van der Waals surface area contributed by atoms with Crippen LogP contribution in [0.2, 0.25) is 5.02 Å². The molecule has 0 unspecified atom stereocenters. The molecule has 2 N–H and O–H groups in total. The van der Waals surface area contributed by atoms with Crippen molar-refractivity contribution in [3.8, 4) is 5.75 Å². The molecule has 1 saturated carbocycles. The maximum Gasteiger partial charge on any atom is 0.276 e. The van der Waals surface area contributed by atoms with Crippen LogP contribution in [0.3, 0.4) is 0 Å². The Balaban J connectivity index is 1.42. The fourth-order valence-electron chi connectivity index (χ4n) is 4.64. The van der Waals surface area contributed by atoms with Crippen molar-refractivity contribution in [2.24, 2.45) is 0 Å². The smallest absolute Gasteiger partial charge is 0.276 e. The SMILES string of the molecule is O=C(NCc1ccc(Cl)c(F)c1)c1cn2c(c(O)c1=O)C(=O)N1[C@@H]3CC[C@@H](C3)O[C@H]1C2. The van der Waals surface area contributed by atoms with E-state index in [4.69, 9.17) is 16.3 Å². The minimum absolute atomic E-state index is 0.0299. The van der Waals surface area contributed by atoms with Crippen LogP contribution < -0.4 is 10.7 Å². The molecule has 2 amide bonds. The van der Waals surface area contributed by atoms with Gasteiger partial charge >= 0.3 is 0 Å². The van der Waals surface area contributed by atoms with Crippen LogP contribution in [0, 0.1) is 5.82 Å². The molecule has 1 aromatic carbocycles. The lowest BCUT2D eigenvalue weighted by Gasteiger charge is -2.44. The average molecular weight is 448 g/mol. The number of nitrogens with zero attached hydrogens (tertiary/aromatic N) is 2. The Morgan fingerprint density at radius 3 is 2.90 bits per heavy atom. The molecule has 1 saturated heterocycles. The molecular weight excluding hydrogens is 429 g/mol. The number of hydrogen-bond acceptors (Lipinski definition) is 5. The molecule has 162 valence electrons. The molecule has 3 atom stereocenters. The predicted molar refractivity (Wildman–Crippen MR) is 107 cm³/mol. The van der Waals surface area contributed by atoms with Gasteiger partial charge in [-0.05, 0) is 37.0 Å². The molecule has 0 spiro atoms. The third kappa shape index (κ3) is 3.28. The summed E-state index contributed by atoms with van der Waals surface area (Å²) >= 11 is 5.65. The minimum atomic E-state index is -0.930. The van der Waals surface area contributed by atoms with Crippen LogP contribution in [-0.4, -0.2) is 44.8 Å². The van der Waals surface area contributed by atoms with Gasteiger partial charge in [-0.3, -0.25) is 14.4 Å². The lowest BCUT2D eigenvalue weighted by atomic mass is 10.1. The third-order valence-corrected chi connectivity index (χ3v) is 6.44. The highest BCUT2D eigenvalue weighted by Crippen LogP contribution is 2.38. The van der Waals surface area contributed by atoms with Crippen LogP contribution in [0.5, 0.6) is 5.75 Å². The average Bonchev–Trinajstić information content (AvgIpc) is 3.11. The predicted octanol–water partition coefficient (Wildman–Crippen LogP) is 2.01. The summed E-state index contributed by atoms with van der Waals surface area (Å²) < 4.78 is 21.0. The summed E-state index contributed by atoms with van der Waals surface area (Å²) in [4.78, 5) is 39.9. The number of amides is 2. The Labute approximate surface area is 181 Å². The highest BCUT2D eigenvalue weighted by Gasteiger charge is 2.47. The number of aromatic hydroxyl groups is 1. The highest BCUT2D eigenvalue weighted by molar-refractivity contribution is 6.30. The van der Waals surface area contributed by atoms with Crippen LogP contribution in [0.1, 0.15) is 45.7 Å². The number of halogens is 2. The van der Waals surface area contributed by atoms with Crippen molar-refractivity contribution in [1.82, 2.24) is 14.8 Å². The fourth-order valence-corrected chi connectivity index (χ4v) is 4.76. The molecule has 2 bridgehead atoms. The Morgan fingerprint density at radius 1 is 1.32 bits per heavy atom. The van der Waals surface area contributed by atoms with Crippen LogP contribution in [-0.2, 0) is 17.8 Å². The second kappa shape index (κ2) is 7.35. The van der Waals surface area contributed by atoms with Gasteiger partial charge in [0.05, 0.1) is 17.7 Å². The number of benzene rings is 1. The van der Waals surface area contributed by atoms with Crippen LogP contribution in [0.4, 0.5) is 4.39 Å². The summed E-state index contributed by atoms with van der Waals surface area (Å²) in [6.07, 6.45) is 3.30. The molecule has 5 rings (SSSR count). The molecule has 1 aromatic heterocycles. The van der Waals surface area contributed by atoms with E-state index < -0.39 is 35.0 Å². The Bertz CT molecular complexity index is 1170. The summed E-state index contributed by atoms with van der Waals surface area (Å²) in [6, 6.07) is 4.13. The summed E-state index contributed by atoms with van der Waals surface area (Å²) in [7, 11) is 0. The summed E-state index contributed by atoms with van der Waals surface area (Å²) in [5.74, 6) is -2.59. The number of hydrogen-bond donors (Lipinski definition) is 2. The number of nitrogens with one attached hydrogen (secondary N) is 1. The molecule has 2 aliphatic heterocycles. The highest BCUT2D eigenvalue weighted by atomic mass is 35.5. The van der Waals surface area contributed by atoms with E-state index in [0.29, 0.717) is 5.56 Å². The van der Waals surface area contributed by atoms with Gasteiger partial charge < -0.3 is 24.6 Å². The normalized spacial score (nSPS) is 24.0. The zero-order valence-electron chi connectivity index (χ0n) is 16.3. The second-order valence-electron chi connectivity index (χ2n) is 8.04. The standard InChI is InChI=1S/C21H19ClFN3O5/c22-14-4-1-10(5-15(14)23)7-24-20(29)13-8-25-9-16-26(11-2-3-12(6-11)31-16)21(30)17(25)19(28)18(13)27/h1,4-5,8,11-12,16,28H,2-3,6-7,9H2,(H,24,29)/t11-,12+,16+/m1/s1. The maximum absolute atomic E-state index is 13.6. The minimum Gasteiger partial charge on any atom is -0.503 e. The van der Waals surface area contributed by atoms with Gasteiger partial charge in [0.15, 0.2) is 17.7 Å². The van der Waals surface area contributed by atoms with Gasteiger partial charge in [-0.15, -0.1) is 0 Å². The first-order valence-corrected chi connectivity index (χ1v) is 10.4.